The van der Waals surface area contributed by atoms with Gasteiger partial charge in [0.2, 0.25) is 0 Å². The molecule has 0 aliphatic rings. The lowest BCUT2D eigenvalue weighted by Crippen LogP contribution is -2.43. The Hall–Kier alpha value is -2.37. The maximum absolute atomic E-state index is 11.8. The molecule has 0 fully saturated rings. The predicted octanol–water partition coefficient (Wildman–Crippen LogP) is 0.846. The van der Waals surface area contributed by atoms with Crippen molar-refractivity contribution < 1.29 is 14.3 Å². The van der Waals surface area contributed by atoms with E-state index in [9.17, 15) is 9.59 Å². The number of amides is 1. The SMILES string of the molecule is CCOC(=O)CN(C)C(=N)NC(=O)c1ccccc1. The standard InChI is InChI=1S/C13H17N3O3/c1-3-19-11(17)9-16(2)13(14)15-12(18)10-7-5-4-6-8-10/h4-8H,3,9H2,1-2H3,(H2,14,15,18). The zero-order valence-electron chi connectivity index (χ0n) is 11.0. The number of ether oxygens (including phenoxy) is 1. The molecule has 0 atom stereocenters. The Kier molecular flexibility index (Phi) is 5.53. The van der Waals surface area contributed by atoms with Crippen molar-refractivity contribution in [1.82, 2.24) is 10.2 Å². The van der Waals surface area contributed by atoms with E-state index in [-0.39, 0.29) is 25.0 Å². The molecule has 0 saturated carbocycles. The molecule has 0 heterocycles. The van der Waals surface area contributed by atoms with Crippen molar-refractivity contribution in [2.24, 2.45) is 0 Å². The van der Waals surface area contributed by atoms with E-state index in [2.05, 4.69) is 5.32 Å². The summed E-state index contributed by atoms with van der Waals surface area (Å²) in [6, 6.07) is 8.57. The first-order chi connectivity index (χ1) is 9.04. The van der Waals surface area contributed by atoms with Crippen LogP contribution in [0.1, 0.15) is 17.3 Å². The van der Waals surface area contributed by atoms with Gasteiger partial charge in [-0.2, -0.15) is 0 Å². The molecule has 0 bridgehead atoms. The quantitative estimate of drug-likeness (QED) is 0.479. The molecule has 102 valence electrons. The van der Waals surface area contributed by atoms with Gasteiger partial charge in [-0.15, -0.1) is 0 Å². The maximum atomic E-state index is 11.8. The fourth-order valence-corrected chi connectivity index (χ4v) is 1.34. The van der Waals surface area contributed by atoms with Crippen LogP contribution in [0.15, 0.2) is 30.3 Å². The second-order valence-electron chi connectivity index (χ2n) is 3.83. The van der Waals surface area contributed by atoms with Crippen LogP contribution in [0.2, 0.25) is 0 Å². The van der Waals surface area contributed by atoms with Crippen molar-refractivity contribution in [2.75, 3.05) is 20.2 Å². The van der Waals surface area contributed by atoms with E-state index >= 15 is 0 Å². The molecule has 1 aromatic carbocycles. The number of carbonyl (C=O) groups excluding carboxylic acids is 2. The second-order valence-corrected chi connectivity index (χ2v) is 3.83. The number of rotatable bonds is 4. The molecule has 1 aromatic rings. The molecule has 0 saturated heterocycles. The second kappa shape index (κ2) is 7.15. The lowest BCUT2D eigenvalue weighted by atomic mass is 10.2. The molecule has 1 amide bonds. The number of guanidine groups is 1. The van der Waals surface area contributed by atoms with Gasteiger partial charge < -0.3 is 9.64 Å². The van der Waals surface area contributed by atoms with Gasteiger partial charge in [-0.3, -0.25) is 20.3 Å². The molecule has 1 rings (SSSR count). The average Bonchev–Trinajstić information content (AvgIpc) is 2.39. The molecule has 6 heteroatoms. The molecule has 0 unspecified atom stereocenters. The summed E-state index contributed by atoms with van der Waals surface area (Å²) < 4.78 is 4.76. The fraction of sp³-hybridized carbons (Fsp3) is 0.308. The zero-order valence-corrected chi connectivity index (χ0v) is 11.0. The lowest BCUT2D eigenvalue weighted by molar-refractivity contribution is -0.143. The summed E-state index contributed by atoms with van der Waals surface area (Å²) in [6.07, 6.45) is 0. The van der Waals surface area contributed by atoms with Crippen LogP contribution in [0.5, 0.6) is 0 Å². The highest BCUT2D eigenvalue weighted by atomic mass is 16.5. The van der Waals surface area contributed by atoms with Gasteiger partial charge in [0.05, 0.1) is 6.61 Å². The minimum atomic E-state index is -0.441. The summed E-state index contributed by atoms with van der Waals surface area (Å²) in [7, 11) is 1.53. The van der Waals surface area contributed by atoms with Crippen molar-refractivity contribution in [3.05, 3.63) is 35.9 Å². The first-order valence-corrected chi connectivity index (χ1v) is 5.86. The van der Waals surface area contributed by atoms with Gasteiger partial charge in [0.1, 0.15) is 6.54 Å². The van der Waals surface area contributed by atoms with E-state index in [0.29, 0.717) is 5.56 Å². The van der Waals surface area contributed by atoms with Crippen LogP contribution < -0.4 is 5.32 Å². The molecule has 0 radical (unpaired) electrons. The molecule has 0 aliphatic carbocycles. The van der Waals surface area contributed by atoms with Crippen LogP contribution in [0, 0.1) is 5.41 Å². The van der Waals surface area contributed by atoms with Crippen molar-refractivity contribution in [3.8, 4) is 0 Å². The van der Waals surface area contributed by atoms with Crippen molar-refractivity contribution in [2.45, 2.75) is 6.92 Å². The third kappa shape index (κ3) is 4.79. The third-order valence-corrected chi connectivity index (χ3v) is 2.32. The highest BCUT2D eigenvalue weighted by molar-refractivity contribution is 6.05. The Balaban J connectivity index is 2.50. The van der Waals surface area contributed by atoms with Crippen LogP contribution in [0.25, 0.3) is 0 Å². The van der Waals surface area contributed by atoms with Gasteiger partial charge in [-0.25, -0.2) is 0 Å². The average molecular weight is 263 g/mol. The maximum Gasteiger partial charge on any atom is 0.325 e. The summed E-state index contributed by atoms with van der Waals surface area (Å²) in [6.45, 7) is 1.92. The van der Waals surface area contributed by atoms with E-state index in [1.807, 2.05) is 0 Å². The summed E-state index contributed by atoms with van der Waals surface area (Å²) in [4.78, 5) is 24.3. The molecule has 0 aromatic heterocycles. The zero-order chi connectivity index (χ0) is 14.3. The summed E-state index contributed by atoms with van der Waals surface area (Å²) in [5.74, 6) is -0.980. The highest BCUT2D eigenvalue weighted by Crippen LogP contribution is 1.98. The van der Waals surface area contributed by atoms with Crippen molar-refractivity contribution in [1.29, 1.82) is 5.41 Å². The Morgan fingerprint density at radius 2 is 1.95 bits per heavy atom. The molecule has 2 N–H and O–H groups in total. The molecule has 19 heavy (non-hydrogen) atoms. The van der Waals surface area contributed by atoms with Crippen molar-refractivity contribution >= 4 is 17.8 Å². The van der Waals surface area contributed by atoms with Gasteiger partial charge in [-0.05, 0) is 19.1 Å². The van der Waals surface area contributed by atoms with Crippen LogP contribution in [0.3, 0.4) is 0 Å². The monoisotopic (exact) mass is 263 g/mol. The minimum Gasteiger partial charge on any atom is -0.465 e. The smallest absolute Gasteiger partial charge is 0.325 e. The van der Waals surface area contributed by atoms with Gasteiger partial charge in [-0.1, -0.05) is 18.2 Å². The van der Waals surface area contributed by atoms with E-state index in [4.69, 9.17) is 10.1 Å². The van der Waals surface area contributed by atoms with E-state index in [0.717, 1.165) is 0 Å². The third-order valence-electron chi connectivity index (χ3n) is 2.32. The van der Waals surface area contributed by atoms with Crippen LogP contribution in [-0.4, -0.2) is 42.9 Å². The fourth-order valence-electron chi connectivity index (χ4n) is 1.34. The lowest BCUT2D eigenvalue weighted by Gasteiger charge is -2.18. The summed E-state index contributed by atoms with van der Waals surface area (Å²) in [5, 5.41) is 10.1. The number of benzene rings is 1. The molecular weight excluding hydrogens is 246 g/mol. The summed E-state index contributed by atoms with van der Waals surface area (Å²) in [5.41, 5.74) is 0.455. The Labute approximate surface area is 111 Å². The first kappa shape index (κ1) is 14.7. The number of carbonyl (C=O) groups is 2. The number of nitrogens with zero attached hydrogens (tertiary/aromatic N) is 1. The topological polar surface area (TPSA) is 82.5 Å². The highest BCUT2D eigenvalue weighted by Gasteiger charge is 2.13. The Morgan fingerprint density at radius 1 is 1.32 bits per heavy atom. The normalized spacial score (nSPS) is 9.58. The van der Waals surface area contributed by atoms with E-state index < -0.39 is 5.97 Å². The number of nitrogens with one attached hydrogen (secondary N) is 2. The molecule has 0 spiro atoms. The molecule has 6 nitrogen and oxygen atoms in total. The number of hydrogen-bond acceptors (Lipinski definition) is 4. The van der Waals surface area contributed by atoms with Gasteiger partial charge in [0.25, 0.3) is 5.91 Å². The predicted molar refractivity (Wildman–Crippen MR) is 70.9 cm³/mol. The first-order valence-electron chi connectivity index (χ1n) is 5.86. The largest absolute Gasteiger partial charge is 0.465 e. The number of likely N-dealkylation sites (N-methyl/N-ethyl adjacent to an activating group) is 1. The number of hydrogen-bond donors (Lipinski definition) is 2. The van der Waals surface area contributed by atoms with E-state index in [1.54, 1.807) is 37.3 Å². The van der Waals surface area contributed by atoms with Gasteiger partial charge in [0.15, 0.2) is 5.96 Å². The van der Waals surface area contributed by atoms with E-state index in [1.165, 1.54) is 11.9 Å². The summed E-state index contributed by atoms with van der Waals surface area (Å²) >= 11 is 0. The van der Waals surface area contributed by atoms with Gasteiger partial charge >= 0.3 is 5.97 Å². The van der Waals surface area contributed by atoms with Crippen LogP contribution >= 0.6 is 0 Å². The molecular formula is C13H17N3O3. The minimum absolute atomic E-state index is 0.0816. The Bertz CT molecular complexity index is 459. The van der Waals surface area contributed by atoms with Crippen molar-refractivity contribution in [3.63, 3.8) is 0 Å². The number of esters is 1. The van der Waals surface area contributed by atoms with Gasteiger partial charge in [0, 0.05) is 12.6 Å². The molecule has 0 aliphatic heterocycles. The van der Waals surface area contributed by atoms with Crippen LogP contribution in [-0.2, 0) is 9.53 Å². The Morgan fingerprint density at radius 3 is 2.53 bits per heavy atom. The van der Waals surface area contributed by atoms with Crippen LogP contribution in [0.4, 0.5) is 0 Å².